The maximum Gasteiger partial charge on any atom is 0.282 e. The first-order valence-electron chi connectivity index (χ1n) is 10.2. The Labute approximate surface area is 181 Å². The van der Waals surface area contributed by atoms with Gasteiger partial charge in [0.25, 0.3) is 11.8 Å². The highest BCUT2D eigenvalue weighted by Crippen LogP contribution is 2.38. The van der Waals surface area contributed by atoms with Gasteiger partial charge in [-0.2, -0.15) is 0 Å². The lowest BCUT2D eigenvalue weighted by Crippen LogP contribution is -2.38. The van der Waals surface area contributed by atoms with Crippen molar-refractivity contribution in [1.82, 2.24) is 4.90 Å². The summed E-state index contributed by atoms with van der Waals surface area (Å²) in [6.45, 7) is 5.61. The summed E-state index contributed by atoms with van der Waals surface area (Å²) >= 11 is 6.09. The fourth-order valence-electron chi connectivity index (χ4n) is 4.15. The van der Waals surface area contributed by atoms with Crippen LogP contribution in [-0.2, 0) is 9.59 Å². The molecule has 4 rings (SSSR count). The molecule has 5 nitrogen and oxygen atoms in total. The van der Waals surface area contributed by atoms with Crippen LogP contribution < -0.4 is 9.64 Å². The lowest BCUT2D eigenvalue weighted by atomic mass is 9.97. The molecule has 2 aliphatic rings. The molecule has 2 aromatic carbocycles. The van der Waals surface area contributed by atoms with Crippen molar-refractivity contribution in [3.05, 3.63) is 64.3 Å². The van der Waals surface area contributed by atoms with Gasteiger partial charge in [-0.15, -0.1) is 0 Å². The van der Waals surface area contributed by atoms with Gasteiger partial charge in [-0.05, 0) is 67.1 Å². The van der Waals surface area contributed by atoms with Gasteiger partial charge in [-0.3, -0.25) is 9.59 Å². The van der Waals surface area contributed by atoms with Gasteiger partial charge >= 0.3 is 0 Å². The van der Waals surface area contributed by atoms with E-state index in [1.165, 1.54) is 4.90 Å². The Morgan fingerprint density at radius 3 is 2.27 bits per heavy atom. The smallest absolute Gasteiger partial charge is 0.282 e. The molecule has 30 heavy (non-hydrogen) atoms. The standard InChI is InChI=1S/C24H25ClN2O3/c1-15-10-12-26(13-11-15)22-21(17-4-7-19(30-3)8-5-17)23(28)27(24(22)29)20-9-6-18(25)14-16(20)2/h4-9,14-15H,10-13H2,1-3H3. The Bertz CT molecular complexity index is 1020. The van der Waals surface area contributed by atoms with Crippen LogP contribution in [0.1, 0.15) is 30.9 Å². The van der Waals surface area contributed by atoms with Crippen LogP contribution >= 0.6 is 11.6 Å². The van der Waals surface area contributed by atoms with Crippen LogP contribution in [0, 0.1) is 12.8 Å². The summed E-state index contributed by atoms with van der Waals surface area (Å²) in [4.78, 5) is 30.5. The number of nitrogens with zero attached hydrogens (tertiary/aromatic N) is 2. The molecule has 0 atom stereocenters. The van der Waals surface area contributed by atoms with Gasteiger partial charge in [0.1, 0.15) is 11.4 Å². The monoisotopic (exact) mass is 424 g/mol. The fourth-order valence-corrected chi connectivity index (χ4v) is 4.38. The van der Waals surface area contributed by atoms with Crippen LogP contribution in [0.2, 0.25) is 5.02 Å². The van der Waals surface area contributed by atoms with Crippen molar-refractivity contribution in [1.29, 1.82) is 0 Å². The molecule has 2 heterocycles. The van der Waals surface area contributed by atoms with Crippen molar-refractivity contribution >= 4 is 34.7 Å². The molecule has 0 spiro atoms. The van der Waals surface area contributed by atoms with Gasteiger partial charge in [0.15, 0.2) is 0 Å². The van der Waals surface area contributed by atoms with E-state index in [1.54, 1.807) is 25.3 Å². The van der Waals surface area contributed by atoms with Crippen LogP contribution in [0.3, 0.4) is 0 Å². The van der Waals surface area contributed by atoms with E-state index in [2.05, 4.69) is 11.8 Å². The number of imide groups is 1. The predicted molar refractivity (Wildman–Crippen MR) is 119 cm³/mol. The number of benzene rings is 2. The molecule has 0 aromatic heterocycles. The molecule has 0 aliphatic carbocycles. The van der Waals surface area contributed by atoms with E-state index in [0.717, 1.165) is 37.1 Å². The second kappa shape index (κ2) is 8.15. The third-order valence-corrected chi connectivity index (χ3v) is 6.17. The number of methoxy groups -OCH3 is 1. The molecule has 0 saturated carbocycles. The van der Waals surface area contributed by atoms with Crippen molar-refractivity contribution in [3.8, 4) is 5.75 Å². The van der Waals surface area contributed by atoms with E-state index >= 15 is 0 Å². The Hall–Kier alpha value is -2.79. The number of hydrogen-bond donors (Lipinski definition) is 0. The summed E-state index contributed by atoms with van der Waals surface area (Å²) in [5.41, 5.74) is 3.02. The average Bonchev–Trinajstić information content (AvgIpc) is 2.99. The number of carbonyl (C=O) groups is 2. The molecule has 2 aliphatic heterocycles. The number of hydrogen-bond acceptors (Lipinski definition) is 4. The minimum absolute atomic E-state index is 0.272. The molecular weight excluding hydrogens is 400 g/mol. The van der Waals surface area contributed by atoms with Crippen LogP contribution in [0.25, 0.3) is 5.57 Å². The Morgan fingerprint density at radius 1 is 1.00 bits per heavy atom. The van der Waals surface area contributed by atoms with E-state index in [1.807, 2.05) is 31.2 Å². The summed E-state index contributed by atoms with van der Waals surface area (Å²) in [6.07, 6.45) is 2.00. The van der Waals surface area contributed by atoms with E-state index < -0.39 is 0 Å². The first kappa shape index (κ1) is 20.5. The van der Waals surface area contributed by atoms with Crippen LogP contribution in [0.15, 0.2) is 48.2 Å². The molecule has 2 aromatic rings. The van der Waals surface area contributed by atoms with Crippen molar-refractivity contribution in [2.24, 2.45) is 5.92 Å². The number of amides is 2. The number of aryl methyl sites for hydroxylation is 1. The zero-order valence-corrected chi connectivity index (χ0v) is 18.2. The molecule has 0 radical (unpaired) electrons. The highest BCUT2D eigenvalue weighted by Gasteiger charge is 2.43. The second-order valence-corrected chi connectivity index (χ2v) is 8.43. The molecule has 0 unspecified atom stereocenters. The van der Waals surface area contributed by atoms with Crippen molar-refractivity contribution < 1.29 is 14.3 Å². The van der Waals surface area contributed by atoms with Crippen LogP contribution in [-0.4, -0.2) is 36.9 Å². The first-order valence-corrected chi connectivity index (χ1v) is 10.6. The Morgan fingerprint density at radius 2 is 1.67 bits per heavy atom. The molecule has 1 saturated heterocycles. The zero-order valence-electron chi connectivity index (χ0n) is 17.4. The van der Waals surface area contributed by atoms with Crippen molar-refractivity contribution in [3.63, 3.8) is 0 Å². The number of rotatable bonds is 4. The van der Waals surface area contributed by atoms with Crippen LogP contribution in [0.4, 0.5) is 5.69 Å². The summed E-state index contributed by atoms with van der Waals surface area (Å²) in [5.74, 6) is 0.748. The van der Waals surface area contributed by atoms with E-state index in [-0.39, 0.29) is 11.8 Å². The second-order valence-electron chi connectivity index (χ2n) is 8.00. The zero-order chi connectivity index (χ0) is 21.4. The quantitative estimate of drug-likeness (QED) is 0.669. The highest BCUT2D eigenvalue weighted by atomic mass is 35.5. The first-order chi connectivity index (χ1) is 14.4. The van der Waals surface area contributed by atoms with E-state index in [9.17, 15) is 9.59 Å². The third-order valence-electron chi connectivity index (χ3n) is 5.94. The number of halogens is 1. The Balaban J connectivity index is 1.81. The number of ether oxygens (including phenoxy) is 1. The molecular formula is C24H25ClN2O3. The lowest BCUT2D eigenvalue weighted by molar-refractivity contribution is -0.120. The molecule has 156 valence electrons. The van der Waals surface area contributed by atoms with Crippen LogP contribution in [0.5, 0.6) is 5.75 Å². The molecule has 6 heteroatoms. The molecule has 0 bridgehead atoms. The third kappa shape index (κ3) is 3.58. The van der Waals surface area contributed by atoms with Gasteiger partial charge in [0, 0.05) is 18.1 Å². The normalized spacial score (nSPS) is 17.9. The maximum atomic E-state index is 13.6. The maximum absolute atomic E-state index is 13.6. The highest BCUT2D eigenvalue weighted by molar-refractivity contribution is 6.45. The number of anilines is 1. The Kier molecular flexibility index (Phi) is 5.56. The topological polar surface area (TPSA) is 49.9 Å². The van der Waals surface area contributed by atoms with Gasteiger partial charge in [0.05, 0.1) is 18.4 Å². The summed E-state index contributed by atoms with van der Waals surface area (Å²) < 4.78 is 5.25. The van der Waals surface area contributed by atoms with Gasteiger partial charge in [-0.1, -0.05) is 30.7 Å². The van der Waals surface area contributed by atoms with Crippen molar-refractivity contribution in [2.45, 2.75) is 26.7 Å². The largest absolute Gasteiger partial charge is 0.497 e. The van der Waals surface area contributed by atoms with Gasteiger partial charge in [-0.25, -0.2) is 4.90 Å². The summed E-state index contributed by atoms with van der Waals surface area (Å²) in [7, 11) is 1.60. The molecule has 0 N–H and O–H groups in total. The lowest BCUT2D eigenvalue weighted by Gasteiger charge is -2.32. The molecule has 2 amide bonds. The minimum atomic E-state index is -0.302. The summed E-state index contributed by atoms with van der Waals surface area (Å²) in [5, 5.41) is 0.573. The van der Waals surface area contributed by atoms with Gasteiger partial charge in [0.2, 0.25) is 0 Å². The predicted octanol–water partition coefficient (Wildman–Crippen LogP) is 4.67. The van der Waals surface area contributed by atoms with E-state index in [4.69, 9.17) is 16.3 Å². The number of piperidine rings is 1. The number of likely N-dealkylation sites (tertiary alicyclic amines) is 1. The van der Waals surface area contributed by atoms with E-state index in [0.29, 0.717) is 33.6 Å². The molecule has 1 fully saturated rings. The minimum Gasteiger partial charge on any atom is -0.497 e. The number of carbonyl (C=O) groups excluding carboxylic acids is 2. The summed E-state index contributed by atoms with van der Waals surface area (Å²) in [6, 6.07) is 12.5. The van der Waals surface area contributed by atoms with Crippen molar-refractivity contribution in [2.75, 3.05) is 25.1 Å². The van der Waals surface area contributed by atoms with Gasteiger partial charge < -0.3 is 9.64 Å². The fraction of sp³-hybridized carbons (Fsp3) is 0.333. The average molecular weight is 425 g/mol. The SMILES string of the molecule is COc1ccc(C2=C(N3CCC(C)CC3)C(=O)N(c3ccc(Cl)cc3C)C2=O)cc1.